The normalized spacial score (nSPS) is 16.2. The van der Waals surface area contributed by atoms with E-state index in [2.05, 4.69) is 18.4 Å². The molecule has 0 N–H and O–H groups in total. The topological polar surface area (TPSA) is 0 Å². The van der Waals surface area contributed by atoms with E-state index in [4.69, 9.17) is 0 Å². The Bertz CT molecular complexity index is 228. The van der Waals surface area contributed by atoms with Gasteiger partial charge in [0.25, 0.3) is 0 Å². The third kappa shape index (κ3) is 10.0. The maximum absolute atomic E-state index is 3.59. The van der Waals surface area contributed by atoms with Crippen LogP contribution in [0.4, 0.5) is 0 Å². The zero-order valence-corrected chi connectivity index (χ0v) is 13.0. The molecule has 1 saturated carbocycles. The summed E-state index contributed by atoms with van der Waals surface area (Å²) >= 11 is 0. The summed E-state index contributed by atoms with van der Waals surface area (Å²) in [5, 5.41) is 0. The summed E-state index contributed by atoms with van der Waals surface area (Å²) in [5.41, 5.74) is 2.84. The standard InChI is InChI=1S/C19H34/c1-2-3-4-5-6-7-8-9-10-11-13-16-19-17-14-12-15-18-19/h3,19H,1,4-18H2. The van der Waals surface area contributed by atoms with Gasteiger partial charge in [0.15, 0.2) is 0 Å². The van der Waals surface area contributed by atoms with Crippen molar-refractivity contribution < 1.29 is 0 Å². The average molecular weight is 262 g/mol. The van der Waals surface area contributed by atoms with Crippen LogP contribution >= 0.6 is 0 Å². The Morgan fingerprint density at radius 3 is 2.00 bits per heavy atom. The van der Waals surface area contributed by atoms with E-state index >= 15 is 0 Å². The second-order valence-corrected chi connectivity index (χ2v) is 6.32. The van der Waals surface area contributed by atoms with Crippen LogP contribution in [0.2, 0.25) is 0 Å². The summed E-state index contributed by atoms with van der Waals surface area (Å²) in [7, 11) is 0. The molecule has 1 aliphatic rings. The Labute approximate surface area is 121 Å². The molecule has 0 radical (unpaired) electrons. The van der Waals surface area contributed by atoms with Crippen LogP contribution in [0.5, 0.6) is 0 Å². The van der Waals surface area contributed by atoms with Crippen molar-refractivity contribution in [3.05, 3.63) is 18.4 Å². The molecule has 0 heterocycles. The maximum atomic E-state index is 3.59. The fourth-order valence-electron chi connectivity index (χ4n) is 3.32. The van der Waals surface area contributed by atoms with Gasteiger partial charge in [-0.3, -0.25) is 0 Å². The lowest BCUT2D eigenvalue weighted by Crippen LogP contribution is -2.05. The number of rotatable bonds is 11. The van der Waals surface area contributed by atoms with Gasteiger partial charge in [-0.2, -0.15) is 0 Å². The lowest BCUT2D eigenvalue weighted by Gasteiger charge is -2.21. The summed E-state index contributed by atoms with van der Waals surface area (Å²) in [6.07, 6.45) is 23.8. The molecule has 1 rings (SSSR count). The van der Waals surface area contributed by atoms with Crippen LogP contribution in [0.15, 0.2) is 18.4 Å². The predicted molar refractivity (Wildman–Crippen MR) is 86.5 cm³/mol. The number of allylic oxidation sites excluding steroid dienone is 1. The van der Waals surface area contributed by atoms with Gasteiger partial charge in [-0.15, -0.1) is 5.73 Å². The van der Waals surface area contributed by atoms with Gasteiger partial charge in [0.1, 0.15) is 0 Å². The quantitative estimate of drug-likeness (QED) is 0.283. The first-order valence-corrected chi connectivity index (χ1v) is 8.78. The highest BCUT2D eigenvalue weighted by molar-refractivity contribution is 4.74. The molecule has 0 spiro atoms. The van der Waals surface area contributed by atoms with E-state index in [1.807, 2.05) is 0 Å². The molecule has 0 unspecified atom stereocenters. The number of hydrogen-bond donors (Lipinski definition) is 0. The van der Waals surface area contributed by atoms with Gasteiger partial charge < -0.3 is 0 Å². The third-order valence-corrected chi connectivity index (χ3v) is 4.58. The molecule has 0 aromatic rings. The van der Waals surface area contributed by atoms with Crippen LogP contribution in [0.1, 0.15) is 96.3 Å². The molecule has 0 atom stereocenters. The van der Waals surface area contributed by atoms with Crippen LogP contribution in [-0.4, -0.2) is 0 Å². The van der Waals surface area contributed by atoms with Gasteiger partial charge in [0.2, 0.25) is 0 Å². The Hall–Kier alpha value is -0.480. The Balaban J connectivity index is 1.74. The van der Waals surface area contributed by atoms with Gasteiger partial charge in [0, 0.05) is 0 Å². The van der Waals surface area contributed by atoms with Crippen molar-refractivity contribution in [2.24, 2.45) is 5.92 Å². The van der Waals surface area contributed by atoms with Crippen molar-refractivity contribution in [2.45, 2.75) is 96.3 Å². The van der Waals surface area contributed by atoms with Crippen LogP contribution in [0.25, 0.3) is 0 Å². The summed E-state index contributed by atoms with van der Waals surface area (Å²) in [4.78, 5) is 0. The molecule has 0 heteroatoms. The maximum Gasteiger partial charge on any atom is -0.0275 e. The van der Waals surface area contributed by atoms with Gasteiger partial charge in [-0.05, 0) is 24.8 Å². The molecule has 0 saturated heterocycles. The molecular formula is C19H34. The summed E-state index contributed by atoms with van der Waals surface area (Å²) in [5.74, 6) is 1.09. The van der Waals surface area contributed by atoms with Gasteiger partial charge in [-0.25, -0.2) is 0 Å². The Morgan fingerprint density at radius 2 is 1.37 bits per heavy atom. The lowest BCUT2D eigenvalue weighted by atomic mass is 9.85. The second kappa shape index (κ2) is 12.5. The molecule has 0 aliphatic heterocycles. The van der Waals surface area contributed by atoms with Crippen molar-refractivity contribution in [2.75, 3.05) is 0 Å². The highest BCUT2D eigenvalue weighted by Crippen LogP contribution is 2.28. The monoisotopic (exact) mass is 262 g/mol. The highest BCUT2D eigenvalue weighted by atomic mass is 14.2. The van der Waals surface area contributed by atoms with Crippen molar-refractivity contribution in [3.8, 4) is 0 Å². The first-order valence-electron chi connectivity index (χ1n) is 8.78. The fourth-order valence-corrected chi connectivity index (χ4v) is 3.32. The zero-order chi connectivity index (χ0) is 13.6. The van der Waals surface area contributed by atoms with Gasteiger partial charge in [-0.1, -0.05) is 90.0 Å². The smallest absolute Gasteiger partial charge is 0.0275 e. The molecule has 1 fully saturated rings. The third-order valence-electron chi connectivity index (χ3n) is 4.58. The minimum atomic E-state index is 1.09. The lowest BCUT2D eigenvalue weighted by molar-refractivity contribution is 0.328. The van der Waals surface area contributed by atoms with E-state index in [0.717, 1.165) is 5.92 Å². The first-order chi connectivity index (χ1) is 9.43. The van der Waals surface area contributed by atoms with E-state index in [1.54, 1.807) is 0 Å². The minimum absolute atomic E-state index is 1.09. The molecule has 19 heavy (non-hydrogen) atoms. The largest absolute Gasteiger partial charge is 0.133 e. The van der Waals surface area contributed by atoms with Crippen molar-refractivity contribution in [1.82, 2.24) is 0 Å². The molecule has 0 bridgehead atoms. The highest BCUT2D eigenvalue weighted by Gasteiger charge is 2.12. The molecule has 0 aromatic heterocycles. The first kappa shape index (κ1) is 16.6. The molecule has 1 aliphatic carbocycles. The van der Waals surface area contributed by atoms with Crippen molar-refractivity contribution >= 4 is 0 Å². The number of unbranched alkanes of at least 4 members (excludes halogenated alkanes) is 8. The van der Waals surface area contributed by atoms with Gasteiger partial charge >= 0.3 is 0 Å². The molecule has 0 nitrogen and oxygen atoms in total. The van der Waals surface area contributed by atoms with Crippen molar-refractivity contribution in [3.63, 3.8) is 0 Å². The molecular weight excluding hydrogens is 228 g/mol. The van der Waals surface area contributed by atoms with E-state index < -0.39 is 0 Å². The second-order valence-electron chi connectivity index (χ2n) is 6.32. The van der Waals surface area contributed by atoms with Crippen LogP contribution in [-0.2, 0) is 0 Å². The van der Waals surface area contributed by atoms with Gasteiger partial charge in [0.05, 0.1) is 0 Å². The zero-order valence-electron chi connectivity index (χ0n) is 13.0. The van der Waals surface area contributed by atoms with E-state index in [-0.39, 0.29) is 0 Å². The van der Waals surface area contributed by atoms with E-state index in [9.17, 15) is 0 Å². The molecule has 110 valence electrons. The van der Waals surface area contributed by atoms with Crippen LogP contribution < -0.4 is 0 Å². The predicted octanol–water partition coefficient (Wildman–Crippen LogP) is 6.81. The molecule has 0 aromatic carbocycles. The minimum Gasteiger partial charge on any atom is -0.133 e. The Kier molecular flexibility index (Phi) is 10.9. The fraction of sp³-hybridized carbons (Fsp3) is 0.842. The Morgan fingerprint density at radius 1 is 0.789 bits per heavy atom. The average Bonchev–Trinajstić information content (AvgIpc) is 2.46. The summed E-state index contributed by atoms with van der Waals surface area (Å²) < 4.78 is 0. The van der Waals surface area contributed by atoms with E-state index in [0.29, 0.717) is 0 Å². The van der Waals surface area contributed by atoms with Crippen LogP contribution in [0.3, 0.4) is 0 Å². The molecule has 0 amide bonds. The number of hydrogen-bond acceptors (Lipinski definition) is 0. The van der Waals surface area contributed by atoms with Crippen molar-refractivity contribution in [1.29, 1.82) is 0 Å². The summed E-state index contributed by atoms with van der Waals surface area (Å²) in [6.45, 7) is 3.59. The SMILES string of the molecule is C=C=CCCCCCCCCCCC1CCCCC1. The van der Waals surface area contributed by atoms with Crippen LogP contribution in [0, 0.1) is 5.92 Å². The van der Waals surface area contributed by atoms with E-state index in [1.165, 1.54) is 96.3 Å². The summed E-state index contributed by atoms with van der Waals surface area (Å²) in [6, 6.07) is 0.